The highest BCUT2D eigenvalue weighted by atomic mass is 16.1. The van der Waals surface area contributed by atoms with Gasteiger partial charge in [-0.15, -0.1) is 0 Å². The Labute approximate surface area is 154 Å². The lowest BCUT2D eigenvalue weighted by atomic mass is 10.1. The normalized spacial score (nSPS) is 16.6. The number of hydrogen-bond acceptors (Lipinski definition) is 2. The van der Waals surface area contributed by atoms with E-state index in [1.165, 1.54) is 12.1 Å². The Balaban J connectivity index is 1.37. The van der Waals surface area contributed by atoms with E-state index in [-0.39, 0.29) is 5.91 Å². The molecule has 2 heterocycles. The lowest BCUT2D eigenvalue weighted by Gasteiger charge is -2.27. The van der Waals surface area contributed by atoms with Gasteiger partial charge in [0, 0.05) is 48.5 Å². The quantitative estimate of drug-likeness (QED) is 0.762. The van der Waals surface area contributed by atoms with Gasteiger partial charge in [0.05, 0.1) is 0 Å². The fourth-order valence-electron chi connectivity index (χ4n) is 3.61. The third-order valence-electron chi connectivity index (χ3n) is 5.00. The molecule has 0 aliphatic carbocycles. The number of nitrogens with one attached hydrogen (secondary N) is 1. The summed E-state index contributed by atoms with van der Waals surface area (Å²) in [6.07, 6.45) is 6.27. The highest BCUT2D eigenvalue weighted by Gasteiger charge is 2.25. The zero-order valence-electron chi connectivity index (χ0n) is 14.7. The SMILES string of the molecule is O=C(NCC1CCCN1c1ccccc1)c1ccc(-n2cccc2)cc1. The number of hydrogen-bond donors (Lipinski definition) is 1. The summed E-state index contributed by atoms with van der Waals surface area (Å²) in [5.41, 5.74) is 2.99. The molecule has 1 saturated heterocycles. The van der Waals surface area contributed by atoms with Gasteiger partial charge in [-0.2, -0.15) is 0 Å². The van der Waals surface area contributed by atoms with Crippen molar-refractivity contribution in [2.45, 2.75) is 18.9 Å². The number of carbonyl (C=O) groups excluding carboxylic acids is 1. The van der Waals surface area contributed by atoms with Gasteiger partial charge >= 0.3 is 0 Å². The van der Waals surface area contributed by atoms with Crippen molar-refractivity contribution in [2.75, 3.05) is 18.0 Å². The summed E-state index contributed by atoms with van der Waals surface area (Å²) < 4.78 is 2.03. The number of aromatic nitrogens is 1. The highest BCUT2D eigenvalue weighted by molar-refractivity contribution is 5.94. The van der Waals surface area contributed by atoms with Crippen molar-refractivity contribution in [1.29, 1.82) is 0 Å². The molecule has 1 amide bonds. The number of nitrogens with zero attached hydrogens (tertiary/aromatic N) is 2. The number of amides is 1. The van der Waals surface area contributed by atoms with Gasteiger partial charge in [0.2, 0.25) is 0 Å². The lowest BCUT2D eigenvalue weighted by molar-refractivity contribution is 0.0951. The molecule has 1 aliphatic rings. The van der Waals surface area contributed by atoms with Gasteiger partial charge in [0.25, 0.3) is 5.91 Å². The Kier molecular flexibility index (Phi) is 4.73. The third-order valence-corrected chi connectivity index (χ3v) is 5.00. The largest absolute Gasteiger partial charge is 0.367 e. The van der Waals surface area contributed by atoms with Crippen LogP contribution in [-0.2, 0) is 0 Å². The van der Waals surface area contributed by atoms with Crippen molar-refractivity contribution in [3.05, 3.63) is 84.7 Å². The van der Waals surface area contributed by atoms with Crippen LogP contribution in [0, 0.1) is 0 Å². The summed E-state index contributed by atoms with van der Waals surface area (Å²) >= 11 is 0. The third kappa shape index (κ3) is 3.49. The minimum atomic E-state index is -0.0102. The maximum atomic E-state index is 12.5. The molecule has 1 fully saturated rings. The number of anilines is 1. The molecule has 4 heteroatoms. The van der Waals surface area contributed by atoms with Crippen molar-refractivity contribution in [2.24, 2.45) is 0 Å². The van der Waals surface area contributed by atoms with Crippen molar-refractivity contribution < 1.29 is 4.79 Å². The Hall–Kier alpha value is -3.01. The average molecular weight is 345 g/mol. The first-order valence-corrected chi connectivity index (χ1v) is 9.14. The smallest absolute Gasteiger partial charge is 0.251 e. The highest BCUT2D eigenvalue weighted by Crippen LogP contribution is 2.24. The van der Waals surface area contributed by atoms with Crippen LogP contribution in [0.2, 0.25) is 0 Å². The summed E-state index contributed by atoms with van der Waals surface area (Å²) in [7, 11) is 0. The molecule has 4 rings (SSSR count). The van der Waals surface area contributed by atoms with Crippen LogP contribution in [0.1, 0.15) is 23.2 Å². The van der Waals surface area contributed by atoms with E-state index < -0.39 is 0 Å². The van der Waals surface area contributed by atoms with Crippen LogP contribution in [0.25, 0.3) is 5.69 Å². The van der Waals surface area contributed by atoms with Gasteiger partial charge in [-0.05, 0) is 61.4 Å². The molecule has 0 saturated carbocycles. The Morgan fingerprint density at radius 1 is 0.923 bits per heavy atom. The molecule has 1 unspecified atom stereocenters. The second kappa shape index (κ2) is 7.48. The van der Waals surface area contributed by atoms with Gasteiger partial charge in [-0.25, -0.2) is 0 Å². The van der Waals surface area contributed by atoms with Crippen LogP contribution in [0.3, 0.4) is 0 Å². The van der Waals surface area contributed by atoms with E-state index in [1.54, 1.807) is 0 Å². The van der Waals surface area contributed by atoms with Gasteiger partial charge in [-0.3, -0.25) is 4.79 Å². The van der Waals surface area contributed by atoms with Crippen LogP contribution in [-0.4, -0.2) is 29.6 Å². The molecular formula is C22H23N3O. The number of para-hydroxylation sites is 1. The topological polar surface area (TPSA) is 37.3 Å². The molecule has 1 aromatic heterocycles. The number of carbonyl (C=O) groups is 1. The van der Waals surface area contributed by atoms with Crippen LogP contribution < -0.4 is 10.2 Å². The van der Waals surface area contributed by atoms with E-state index in [1.807, 2.05) is 59.4 Å². The first-order valence-electron chi connectivity index (χ1n) is 9.14. The van der Waals surface area contributed by atoms with Gasteiger partial charge in [-0.1, -0.05) is 18.2 Å². The minimum absolute atomic E-state index is 0.0102. The maximum absolute atomic E-state index is 12.5. The van der Waals surface area contributed by atoms with Crippen molar-refractivity contribution in [1.82, 2.24) is 9.88 Å². The van der Waals surface area contributed by atoms with Gasteiger partial charge in [0.1, 0.15) is 0 Å². The predicted molar refractivity (Wildman–Crippen MR) is 105 cm³/mol. The van der Waals surface area contributed by atoms with Crippen LogP contribution in [0.5, 0.6) is 0 Å². The zero-order chi connectivity index (χ0) is 17.8. The Morgan fingerprint density at radius 2 is 1.65 bits per heavy atom. The molecule has 1 N–H and O–H groups in total. The molecule has 3 aromatic rings. The van der Waals surface area contributed by atoms with Crippen molar-refractivity contribution in [3.63, 3.8) is 0 Å². The summed E-state index contributed by atoms with van der Waals surface area (Å²) in [6, 6.07) is 22.5. The molecule has 132 valence electrons. The molecule has 4 nitrogen and oxygen atoms in total. The van der Waals surface area contributed by atoms with Gasteiger partial charge < -0.3 is 14.8 Å². The van der Waals surface area contributed by atoms with Crippen molar-refractivity contribution >= 4 is 11.6 Å². The number of rotatable bonds is 5. The Bertz CT molecular complexity index is 841. The summed E-state index contributed by atoms with van der Waals surface area (Å²) in [5, 5.41) is 3.11. The first-order chi connectivity index (χ1) is 12.8. The lowest BCUT2D eigenvalue weighted by Crippen LogP contribution is -2.40. The molecule has 0 radical (unpaired) electrons. The molecular weight excluding hydrogens is 322 g/mol. The van der Waals surface area contributed by atoms with E-state index >= 15 is 0 Å². The van der Waals surface area contributed by atoms with Crippen LogP contribution >= 0.6 is 0 Å². The van der Waals surface area contributed by atoms with E-state index in [0.717, 1.165) is 18.7 Å². The van der Waals surface area contributed by atoms with Gasteiger partial charge in [0.15, 0.2) is 0 Å². The van der Waals surface area contributed by atoms with E-state index in [2.05, 4.69) is 34.5 Å². The second-order valence-corrected chi connectivity index (χ2v) is 6.67. The summed E-state index contributed by atoms with van der Waals surface area (Å²) in [5.74, 6) is -0.0102. The van der Waals surface area contributed by atoms with E-state index in [9.17, 15) is 4.79 Å². The van der Waals surface area contributed by atoms with E-state index in [0.29, 0.717) is 18.2 Å². The summed E-state index contributed by atoms with van der Waals surface area (Å²) in [4.78, 5) is 14.9. The average Bonchev–Trinajstić information content (AvgIpc) is 3.39. The zero-order valence-corrected chi connectivity index (χ0v) is 14.7. The first kappa shape index (κ1) is 16.5. The second-order valence-electron chi connectivity index (χ2n) is 6.67. The standard InChI is InChI=1S/C22H23N3O/c26-22(18-10-12-19(13-11-18)24-14-4-5-15-24)23-17-21-9-6-16-25(21)20-7-2-1-3-8-20/h1-5,7-8,10-15,21H,6,9,16-17H2,(H,23,26). The number of benzene rings is 2. The van der Waals surface area contributed by atoms with Crippen molar-refractivity contribution in [3.8, 4) is 5.69 Å². The monoisotopic (exact) mass is 345 g/mol. The molecule has 0 spiro atoms. The predicted octanol–water partition coefficient (Wildman–Crippen LogP) is 3.88. The minimum Gasteiger partial charge on any atom is -0.367 e. The fraction of sp³-hybridized carbons (Fsp3) is 0.227. The maximum Gasteiger partial charge on any atom is 0.251 e. The van der Waals surface area contributed by atoms with Crippen LogP contribution in [0.15, 0.2) is 79.1 Å². The fourth-order valence-corrected chi connectivity index (χ4v) is 3.61. The molecule has 0 bridgehead atoms. The molecule has 1 atom stereocenters. The van der Waals surface area contributed by atoms with E-state index in [4.69, 9.17) is 0 Å². The molecule has 26 heavy (non-hydrogen) atoms. The molecule has 2 aromatic carbocycles. The van der Waals surface area contributed by atoms with Crippen LogP contribution in [0.4, 0.5) is 5.69 Å². The Morgan fingerprint density at radius 3 is 2.38 bits per heavy atom. The summed E-state index contributed by atoms with van der Waals surface area (Å²) in [6.45, 7) is 1.73. The molecule has 1 aliphatic heterocycles.